The van der Waals surface area contributed by atoms with Gasteiger partial charge in [0.1, 0.15) is 0 Å². The van der Waals surface area contributed by atoms with E-state index in [1.807, 2.05) is 4.90 Å². The quantitative estimate of drug-likeness (QED) is 0.797. The zero-order valence-corrected chi connectivity index (χ0v) is 14.6. The van der Waals surface area contributed by atoms with Gasteiger partial charge >= 0.3 is 5.97 Å². The fourth-order valence-corrected chi connectivity index (χ4v) is 3.07. The number of rotatable bonds is 4. The topological polar surface area (TPSA) is 46.6 Å². The van der Waals surface area contributed by atoms with Crippen molar-refractivity contribution in [1.82, 2.24) is 4.90 Å². The Labute approximate surface area is 138 Å². The van der Waals surface area contributed by atoms with Crippen LogP contribution in [0.15, 0.2) is 24.3 Å². The fourth-order valence-electron chi connectivity index (χ4n) is 3.07. The molecule has 0 aliphatic carbocycles. The minimum atomic E-state index is -0.330. The lowest BCUT2D eigenvalue weighted by molar-refractivity contribution is -0.143. The molecule has 0 radical (unpaired) electrons. The first-order valence-electron chi connectivity index (χ1n) is 8.29. The number of benzene rings is 1. The minimum Gasteiger partial charge on any atom is -0.469 e. The summed E-state index contributed by atoms with van der Waals surface area (Å²) in [4.78, 5) is 25.5. The molecule has 1 aromatic carbocycles. The van der Waals surface area contributed by atoms with Crippen LogP contribution in [-0.4, -0.2) is 30.4 Å². The molecule has 0 bridgehead atoms. The van der Waals surface area contributed by atoms with Crippen molar-refractivity contribution in [2.75, 3.05) is 13.7 Å². The Kier molecular flexibility index (Phi) is 5.45. The maximum absolute atomic E-state index is 12.4. The second-order valence-electron chi connectivity index (χ2n) is 7.19. The molecule has 0 N–H and O–H groups in total. The van der Waals surface area contributed by atoms with E-state index in [1.54, 1.807) is 0 Å². The van der Waals surface area contributed by atoms with E-state index in [4.69, 9.17) is 0 Å². The van der Waals surface area contributed by atoms with E-state index < -0.39 is 0 Å². The van der Waals surface area contributed by atoms with Crippen LogP contribution in [0.25, 0.3) is 0 Å². The van der Waals surface area contributed by atoms with Crippen molar-refractivity contribution in [3.05, 3.63) is 35.4 Å². The SMILES string of the molecule is COC(=O)CCC(=O)N1CCCC1c1ccc(C(C)(C)C)cc1. The largest absolute Gasteiger partial charge is 0.469 e. The van der Waals surface area contributed by atoms with Gasteiger partial charge in [-0.25, -0.2) is 0 Å². The van der Waals surface area contributed by atoms with Crippen LogP contribution in [0.2, 0.25) is 0 Å². The number of carbonyl (C=O) groups is 2. The van der Waals surface area contributed by atoms with Gasteiger partial charge in [-0.2, -0.15) is 0 Å². The lowest BCUT2D eigenvalue weighted by atomic mass is 9.86. The van der Waals surface area contributed by atoms with Crippen molar-refractivity contribution >= 4 is 11.9 Å². The lowest BCUT2D eigenvalue weighted by Gasteiger charge is -2.26. The van der Waals surface area contributed by atoms with E-state index >= 15 is 0 Å². The Hall–Kier alpha value is -1.84. The summed E-state index contributed by atoms with van der Waals surface area (Å²) in [5.74, 6) is -0.290. The summed E-state index contributed by atoms with van der Waals surface area (Å²) in [5, 5.41) is 0. The Morgan fingerprint density at radius 3 is 2.39 bits per heavy atom. The van der Waals surface area contributed by atoms with Crippen molar-refractivity contribution in [1.29, 1.82) is 0 Å². The van der Waals surface area contributed by atoms with Gasteiger partial charge in [0.05, 0.1) is 19.6 Å². The van der Waals surface area contributed by atoms with Crippen LogP contribution in [0.4, 0.5) is 0 Å². The van der Waals surface area contributed by atoms with Crippen molar-refractivity contribution in [2.45, 2.75) is 57.9 Å². The summed E-state index contributed by atoms with van der Waals surface area (Å²) in [6.07, 6.45) is 2.37. The summed E-state index contributed by atoms with van der Waals surface area (Å²) < 4.78 is 4.61. The highest BCUT2D eigenvalue weighted by atomic mass is 16.5. The maximum Gasteiger partial charge on any atom is 0.306 e. The zero-order chi connectivity index (χ0) is 17.0. The molecule has 126 valence electrons. The minimum absolute atomic E-state index is 0.0396. The van der Waals surface area contributed by atoms with Gasteiger partial charge in [-0.1, -0.05) is 45.0 Å². The first-order chi connectivity index (χ1) is 10.8. The third-order valence-corrected chi connectivity index (χ3v) is 4.51. The van der Waals surface area contributed by atoms with Crippen LogP contribution in [0.3, 0.4) is 0 Å². The number of hydrogen-bond donors (Lipinski definition) is 0. The van der Waals surface area contributed by atoms with Crippen LogP contribution >= 0.6 is 0 Å². The molecule has 1 aliphatic heterocycles. The molecule has 4 heteroatoms. The summed E-state index contributed by atoms with van der Waals surface area (Å²) in [6.45, 7) is 7.35. The number of hydrogen-bond acceptors (Lipinski definition) is 3. The van der Waals surface area contributed by atoms with Crippen LogP contribution in [0.5, 0.6) is 0 Å². The standard InChI is InChI=1S/C19H27NO3/c1-19(2,3)15-9-7-14(8-10-15)16-6-5-13-20(16)17(21)11-12-18(22)23-4/h7-10,16H,5-6,11-13H2,1-4H3. The summed E-state index contributed by atoms with van der Waals surface area (Å²) in [5.41, 5.74) is 2.61. The van der Waals surface area contributed by atoms with E-state index in [9.17, 15) is 9.59 Å². The monoisotopic (exact) mass is 317 g/mol. The second-order valence-corrected chi connectivity index (χ2v) is 7.19. The average Bonchev–Trinajstić information content (AvgIpc) is 3.01. The molecule has 1 fully saturated rings. The Morgan fingerprint density at radius 1 is 1.17 bits per heavy atom. The third-order valence-electron chi connectivity index (χ3n) is 4.51. The summed E-state index contributed by atoms with van der Waals surface area (Å²) >= 11 is 0. The van der Waals surface area contributed by atoms with Gasteiger partial charge < -0.3 is 9.64 Å². The van der Waals surface area contributed by atoms with Gasteiger partial charge in [0, 0.05) is 13.0 Å². The molecule has 1 aliphatic rings. The molecular weight excluding hydrogens is 290 g/mol. The van der Waals surface area contributed by atoms with Crippen molar-refractivity contribution in [3.8, 4) is 0 Å². The number of ether oxygens (including phenoxy) is 1. The number of methoxy groups -OCH3 is 1. The second kappa shape index (κ2) is 7.16. The summed E-state index contributed by atoms with van der Waals surface area (Å²) in [6, 6.07) is 8.72. The predicted molar refractivity (Wildman–Crippen MR) is 90.1 cm³/mol. The van der Waals surface area contributed by atoms with Crippen LogP contribution in [0, 0.1) is 0 Å². The Balaban J connectivity index is 2.06. The molecule has 4 nitrogen and oxygen atoms in total. The molecule has 0 saturated carbocycles. The number of carbonyl (C=O) groups excluding carboxylic acids is 2. The number of likely N-dealkylation sites (tertiary alicyclic amines) is 1. The molecular formula is C19H27NO3. The molecule has 0 aromatic heterocycles. The molecule has 1 atom stereocenters. The highest BCUT2D eigenvalue weighted by Crippen LogP contribution is 2.33. The third kappa shape index (κ3) is 4.34. The fraction of sp³-hybridized carbons (Fsp3) is 0.579. The Bertz CT molecular complexity index is 557. The predicted octanol–water partition coefficient (Wildman–Crippen LogP) is 3.60. The van der Waals surface area contributed by atoms with Gasteiger partial charge in [0.2, 0.25) is 5.91 Å². The molecule has 2 rings (SSSR count). The first kappa shape index (κ1) is 17.5. The first-order valence-corrected chi connectivity index (χ1v) is 8.29. The van der Waals surface area contributed by atoms with Crippen molar-refractivity contribution in [2.24, 2.45) is 0 Å². The van der Waals surface area contributed by atoms with E-state index in [-0.39, 0.29) is 36.2 Å². The molecule has 23 heavy (non-hydrogen) atoms. The molecule has 1 saturated heterocycles. The zero-order valence-electron chi connectivity index (χ0n) is 14.6. The molecule has 1 amide bonds. The molecule has 0 spiro atoms. The summed E-state index contributed by atoms with van der Waals surface area (Å²) in [7, 11) is 1.35. The van der Waals surface area contributed by atoms with Crippen molar-refractivity contribution < 1.29 is 14.3 Å². The highest BCUT2D eigenvalue weighted by molar-refractivity contribution is 5.81. The van der Waals surface area contributed by atoms with Gasteiger partial charge in [-0.15, -0.1) is 0 Å². The van der Waals surface area contributed by atoms with Gasteiger partial charge in [-0.3, -0.25) is 9.59 Å². The normalized spacial score (nSPS) is 18.1. The molecule has 1 aromatic rings. The van der Waals surface area contributed by atoms with Crippen LogP contribution in [0.1, 0.15) is 63.6 Å². The Morgan fingerprint density at radius 2 is 1.83 bits per heavy atom. The van der Waals surface area contributed by atoms with E-state index in [0.717, 1.165) is 19.4 Å². The average molecular weight is 317 g/mol. The van der Waals surface area contributed by atoms with Crippen molar-refractivity contribution in [3.63, 3.8) is 0 Å². The van der Waals surface area contributed by atoms with Gasteiger partial charge in [0.15, 0.2) is 0 Å². The number of amides is 1. The highest BCUT2D eigenvalue weighted by Gasteiger charge is 2.30. The smallest absolute Gasteiger partial charge is 0.306 e. The number of nitrogens with zero attached hydrogens (tertiary/aromatic N) is 1. The van der Waals surface area contributed by atoms with Gasteiger partial charge in [-0.05, 0) is 29.4 Å². The van der Waals surface area contributed by atoms with Gasteiger partial charge in [0.25, 0.3) is 0 Å². The maximum atomic E-state index is 12.4. The lowest BCUT2D eigenvalue weighted by Crippen LogP contribution is -2.30. The van der Waals surface area contributed by atoms with Crippen LogP contribution in [-0.2, 0) is 19.7 Å². The number of esters is 1. The molecule has 1 unspecified atom stereocenters. The van der Waals surface area contributed by atoms with E-state index in [2.05, 4.69) is 49.8 Å². The van der Waals surface area contributed by atoms with E-state index in [1.165, 1.54) is 18.2 Å². The molecule has 1 heterocycles. The van der Waals surface area contributed by atoms with E-state index in [0.29, 0.717) is 0 Å². The van der Waals surface area contributed by atoms with Crippen LogP contribution < -0.4 is 0 Å².